The van der Waals surface area contributed by atoms with E-state index >= 15 is 0 Å². The molecule has 2 unspecified atom stereocenters. The Hall–Kier alpha value is -3.47. The lowest BCUT2D eigenvalue weighted by atomic mass is 10.0. The number of hydrogen-bond acceptors (Lipinski definition) is 6. The first-order chi connectivity index (χ1) is 16.3. The summed E-state index contributed by atoms with van der Waals surface area (Å²) >= 11 is 0. The van der Waals surface area contributed by atoms with Crippen LogP contribution in [0.25, 0.3) is 11.0 Å². The first-order valence-electron chi connectivity index (χ1n) is 10.9. The molecule has 2 aliphatic heterocycles. The van der Waals surface area contributed by atoms with Crippen LogP contribution in [0.4, 0.5) is 19.0 Å². The largest absolute Gasteiger partial charge is 0.374 e. The number of aryl methyl sites for hydroxylation is 1. The molecule has 0 radical (unpaired) electrons. The average molecular weight is 473 g/mol. The van der Waals surface area contributed by atoms with Crippen molar-refractivity contribution in [3.05, 3.63) is 63.5 Å². The first-order valence-corrected chi connectivity index (χ1v) is 10.9. The van der Waals surface area contributed by atoms with Gasteiger partial charge in [-0.1, -0.05) is 18.2 Å². The van der Waals surface area contributed by atoms with Gasteiger partial charge in [-0.25, -0.2) is 23.1 Å². The molecule has 1 aromatic carbocycles. The molecule has 5 rings (SSSR count). The second-order valence-electron chi connectivity index (χ2n) is 8.60. The topological polar surface area (TPSA) is 89.4 Å². The molecule has 11 heteroatoms. The standard InChI is InChI=1S/C23H22F3N5O3/c1-11(14-4-3-5-15(18(14)24)19(25)26)29-20-16-7-17(22(32)30(2)21(16)28-10-27-20)23(33)31-8-13-6-12(31)9-34-13/h3-5,7,10-13,19H,6,8-9H2,1-2H3,(H,27,28,29)/t11-,12?,13?/m1/s1. The van der Waals surface area contributed by atoms with Gasteiger partial charge in [-0.3, -0.25) is 14.2 Å². The number of morpholine rings is 1. The number of rotatable bonds is 5. The highest BCUT2D eigenvalue weighted by Gasteiger charge is 2.42. The molecule has 1 N–H and O–H groups in total. The van der Waals surface area contributed by atoms with Crippen molar-refractivity contribution in [1.82, 2.24) is 19.4 Å². The van der Waals surface area contributed by atoms with E-state index in [9.17, 15) is 22.8 Å². The number of anilines is 1. The highest BCUT2D eigenvalue weighted by atomic mass is 19.3. The van der Waals surface area contributed by atoms with Crippen LogP contribution in [-0.4, -0.2) is 50.6 Å². The smallest absolute Gasteiger partial charge is 0.266 e. The van der Waals surface area contributed by atoms with Gasteiger partial charge in [0.1, 0.15) is 29.2 Å². The third kappa shape index (κ3) is 3.60. The van der Waals surface area contributed by atoms with Crippen LogP contribution in [0, 0.1) is 5.82 Å². The number of pyridine rings is 1. The van der Waals surface area contributed by atoms with Gasteiger partial charge in [0.15, 0.2) is 0 Å². The minimum absolute atomic E-state index is 0.0152. The van der Waals surface area contributed by atoms with Crippen molar-refractivity contribution >= 4 is 22.8 Å². The molecule has 0 aliphatic carbocycles. The maximum Gasteiger partial charge on any atom is 0.266 e. The summed E-state index contributed by atoms with van der Waals surface area (Å²) in [6, 6.07) is 4.46. The molecule has 2 fully saturated rings. The van der Waals surface area contributed by atoms with E-state index in [-0.39, 0.29) is 34.7 Å². The van der Waals surface area contributed by atoms with Gasteiger partial charge >= 0.3 is 0 Å². The predicted octanol–water partition coefficient (Wildman–Crippen LogP) is 3.19. The molecule has 178 valence electrons. The van der Waals surface area contributed by atoms with Gasteiger partial charge < -0.3 is 15.0 Å². The lowest BCUT2D eigenvalue weighted by molar-refractivity contribution is 0.0258. The number of alkyl halides is 2. The average Bonchev–Trinajstić information content (AvgIpc) is 3.45. The quantitative estimate of drug-likeness (QED) is 0.612. The van der Waals surface area contributed by atoms with Gasteiger partial charge in [-0.2, -0.15) is 0 Å². The van der Waals surface area contributed by atoms with Gasteiger partial charge in [0.05, 0.1) is 35.7 Å². The molecule has 34 heavy (non-hydrogen) atoms. The number of fused-ring (bicyclic) bond motifs is 3. The Labute approximate surface area is 192 Å². The maximum absolute atomic E-state index is 14.7. The van der Waals surface area contributed by atoms with Gasteiger partial charge in [-0.05, 0) is 19.4 Å². The second-order valence-corrected chi connectivity index (χ2v) is 8.60. The molecule has 1 amide bonds. The minimum Gasteiger partial charge on any atom is -0.374 e. The van der Waals surface area contributed by atoms with Gasteiger partial charge in [0, 0.05) is 19.2 Å². The van der Waals surface area contributed by atoms with E-state index in [4.69, 9.17) is 4.74 Å². The third-order valence-corrected chi connectivity index (χ3v) is 6.51. The van der Waals surface area contributed by atoms with Crippen LogP contribution in [0.15, 0.2) is 35.4 Å². The van der Waals surface area contributed by atoms with E-state index in [1.54, 1.807) is 11.8 Å². The molecule has 2 aromatic heterocycles. The summed E-state index contributed by atoms with van der Waals surface area (Å²) in [7, 11) is 1.51. The number of carbonyl (C=O) groups is 1. The van der Waals surface area contributed by atoms with Gasteiger partial charge in [0.25, 0.3) is 17.9 Å². The highest BCUT2D eigenvalue weighted by Crippen LogP contribution is 2.31. The van der Waals surface area contributed by atoms with Crippen LogP contribution in [0.3, 0.4) is 0 Å². The van der Waals surface area contributed by atoms with E-state index in [0.29, 0.717) is 18.5 Å². The number of aromatic nitrogens is 3. The Morgan fingerprint density at radius 1 is 1.26 bits per heavy atom. The normalized spacial score (nSPS) is 20.4. The number of benzene rings is 1. The maximum atomic E-state index is 14.7. The third-order valence-electron chi connectivity index (χ3n) is 6.51. The van der Waals surface area contributed by atoms with Crippen molar-refractivity contribution in [3.63, 3.8) is 0 Å². The second kappa shape index (κ2) is 8.39. The van der Waals surface area contributed by atoms with Crippen molar-refractivity contribution < 1.29 is 22.7 Å². The molecule has 0 saturated carbocycles. The Morgan fingerprint density at radius 2 is 2.03 bits per heavy atom. The Bertz CT molecular complexity index is 1350. The van der Waals surface area contributed by atoms with E-state index in [1.165, 1.54) is 36.1 Å². The molecule has 0 spiro atoms. The molecule has 3 atom stereocenters. The first kappa shape index (κ1) is 22.3. The molecule has 8 nitrogen and oxygen atoms in total. The fraction of sp³-hybridized carbons (Fsp3) is 0.391. The zero-order chi connectivity index (χ0) is 24.1. The molecule has 3 aromatic rings. The molecule has 2 bridgehead atoms. The molecule has 4 heterocycles. The van der Waals surface area contributed by atoms with E-state index in [0.717, 1.165) is 12.5 Å². The fourth-order valence-corrected chi connectivity index (χ4v) is 4.69. The molecule has 2 aliphatic rings. The Morgan fingerprint density at radius 3 is 2.71 bits per heavy atom. The van der Waals surface area contributed by atoms with Crippen molar-refractivity contribution in [3.8, 4) is 0 Å². The molecular formula is C23H22F3N5O3. The molecular weight excluding hydrogens is 451 g/mol. The van der Waals surface area contributed by atoms with Crippen molar-refractivity contribution in [2.75, 3.05) is 18.5 Å². The van der Waals surface area contributed by atoms with E-state index in [2.05, 4.69) is 15.3 Å². The SMILES string of the molecule is C[C@@H](Nc1ncnc2c1cc(C(=O)N1CC3CC1CO3)c(=O)n2C)c1cccc(C(F)F)c1F. The molecule has 2 saturated heterocycles. The summed E-state index contributed by atoms with van der Waals surface area (Å²) in [5.74, 6) is -1.14. The van der Waals surface area contributed by atoms with E-state index in [1.807, 2.05) is 0 Å². The highest BCUT2D eigenvalue weighted by molar-refractivity contribution is 5.99. The van der Waals surface area contributed by atoms with Crippen LogP contribution < -0.4 is 10.9 Å². The lowest BCUT2D eigenvalue weighted by Crippen LogP contribution is -2.43. The van der Waals surface area contributed by atoms with Crippen molar-refractivity contribution in [2.45, 2.75) is 38.0 Å². The zero-order valence-electron chi connectivity index (χ0n) is 18.5. The number of ether oxygens (including phenoxy) is 1. The summed E-state index contributed by atoms with van der Waals surface area (Å²) < 4.78 is 47.7. The van der Waals surface area contributed by atoms with Gasteiger partial charge in [0.2, 0.25) is 0 Å². The number of hydrogen-bond donors (Lipinski definition) is 1. The van der Waals surface area contributed by atoms with E-state index < -0.39 is 35.3 Å². The summed E-state index contributed by atoms with van der Waals surface area (Å²) in [5.41, 5.74) is -0.885. The zero-order valence-corrected chi connectivity index (χ0v) is 18.5. The number of nitrogens with one attached hydrogen (secondary N) is 1. The summed E-state index contributed by atoms with van der Waals surface area (Å²) in [6.07, 6.45) is -0.975. The summed E-state index contributed by atoms with van der Waals surface area (Å²) in [5, 5.41) is 3.40. The monoisotopic (exact) mass is 473 g/mol. The van der Waals surface area contributed by atoms with Crippen LogP contribution in [-0.2, 0) is 11.8 Å². The minimum atomic E-state index is -2.94. The number of halogens is 3. The number of likely N-dealkylation sites (tertiary alicyclic amines) is 1. The van der Waals surface area contributed by atoms with Crippen molar-refractivity contribution in [1.29, 1.82) is 0 Å². The lowest BCUT2D eigenvalue weighted by Gasteiger charge is -2.27. The summed E-state index contributed by atoms with van der Waals surface area (Å²) in [4.78, 5) is 36.2. The number of nitrogens with zero attached hydrogens (tertiary/aromatic N) is 4. The number of amides is 1. The van der Waals surface area contributed by atoms with Crippen LogP contribution in [0.2, 0.25) is 0 Å². The van der Waals surface area contributed by atoms with Gasteiger partial charge in [-0.15, -0.1) is 0 Å². The predicted molar refractivity (Wildman–Crippen MR) is 117 cm³/mol. The van der Waals surface area contributed by atoms with Crippen LogP contribution in [0.1, 0.15) is 47.3 Å². The van der Waals surface area contributed by atoms with Crippen molar-refractivity contribution in [2.24, 2.45) is 7.05 Å². The number of carbonyl (C=O) groups excluding carboxylic acids is 1. The Kier molecular flexibility index (Phi) is 5.51. The van der Waals surface area contributed by atoms with Crippen LogP contribution in [0.5, 0.6) is 0 Å². The summed E-state index contributed by atoms with van der Waals surface area (Å²) in [6.45, 7) is 2.48. The Balaban J connectivity index is 1.53. The van der Waals surface area contributed by atoms with Crippen LogP contribution >= 0.6 is 0 Å². The fourth-order valence-electron chi connectivity index (χ4n) is 4.69.